The molecule has 4 nitrogen and oxygen atoms in total. The van der Waals surface area contributed by atoms with Crippen molar-refractivity contribution in [2.45, 2.75) is 51.1 Å². The second-order valence-electron chi connectivity index (χ2n) is 6.21. The van der Waals surface area contributed by atoms with Crippen LogP contribution in [0.1, 0.15) is 49.8 Å². The first-order chi connectivity index (χ1) is 10.2. The predicted molar refractivity (Wildman–Crippen MR) is 82.2 cm³/mol. The van der Waals surface area contributed by atoms with Gasteiger partial charge in [0.2, 0.25) is 5.91 Å². The minimum atomic E-state index is -0.165. The number of fused-ring (bicyclic) bond motifs is 1. The SMILES string of the molecule is CC(NC1CCc2c(O)cccc21)C(=O)N1CCCCC1. The van der Waals surface area contributed by atoms with Gasteiger partial charge in [0.15, 0.2) is 0 Å². The van der Waals surface area contributed by atoms with Crippen LogP contribution in [-0.2, 0) is 11.2 Å². The maximum atomic E-state index is 12.5. The van der Waals surface area contributed by atoms with Gasteiger partial charge < -0.3 is 10.0 Å². The average molecular weight is 288 g/mol. The molecule has 1 aliphatic heterocycles. The van der Waals surface area contributed by atoms with Crippen LogP contribution >= 0.6 is 0 Å². The lowest BCUT2D eigenvalue weighted by molar-refractivity contribution is -0.134. The lowest BCUT2D eigenvalue weighted by Crippen LogP contribution is -2.47. The number of carbonyl (C=O) groups excluding carboxylic acids is 1. The number of phenols is 1. The third kappa shape index (κ3) is 2.91. The summed E-state index contributed by atoms with van der Waals surface area (Å²) in [6.07, 6.45) is 5.31. The summed E-state index contributed by atoms with van der Waals surface area (Å²) in [5.41, 5.74) is 2.18. The van der Waals surface area contributed by atoms with Gasteiger partial charge in [-0.3, -0.25) is 10.1 Å². The summed E-state index contributed by atoms with van der Waals surface area (Å²) in [6.45, 7) is 3.75. The maximum absolute atomic E-state index is 12.5. The van der Waals surface area contributed by atoms with Crippen molar-refractivity contribution in [3.05, 3.63) is 29.3 Å². The molecule has 4 heteroatoms. The summed E-state index contributed by atoms with van der Waals surface area (Å²) in [5, 5.41) is 13.4. The first-order valence-electron chi connectivity index (χ1n) is 8.02. The van der Waals surface area contributed by atoms with Gasteiger partial charge in [0.1, 0.15) is 5.75 Å². The van der Waals surface area contributed by atoms with Crippen molar-refractivity contribution in [1.29, 1.82) is 0 Å². The van der Waals surface area contributed by atoms with Crippen LogP contribution < -0.4 is 5.32 Å². The van der Waals surface area contributed by atoms with Crippen molar-refractivity contribution in [1.82, 2.24) is 10.2 Å². The first-order valence-corrected chi connectivity index (χ1v) is 8.02. The molecule has 21 heavy (non-hydrogen) atoms. The number of rotatable bonds is 3. The molecule has 1 aromatic rings. The Bertz CT molecular complexity index is 524. The zero-order valence-electron chi connectivity index (χ0n) is 12.6. The van der Waals surface area contributed by atoms with Gasteiger partial charge in [-0.05, 0) is 56.2 Å². The molecule has 0 saturated carbocycles. The molecule has 2 atom stereocenters. The number of benzene rings is 1. The molecule has 0 radical (unpaired) electrons. The van der Waals surface area contributed by atoms with E-state index in [0.29, 0.717) is 5.75 Å². The lowest BCUT2D eigenvalue weighted by atomic mass is 10.1. The van der Waals surface area contributed by atoms with Gasteiger partial charge in [-0.15, -0.1) is 0 Å². The van der Waals surface area contributed by atoms with E-state index in [1.54, 1.807) is 6.07 Å². The van der Waals surface area contributed by atoms with Crippen molar-refractivity contribution in [3.8, 4) is 5.75 Å². The number of carbonyl (C=O) groups is 1. The van der Waals surface area contributed by atoms with Crippen molar-refractivity contribution in [2.24, 2.45) is 0 Å². The fourth-order valence-corrected chi connectivity index (χ4v) is 3.57. The zero-order valence-corrected chi connectivity index (χ0v) is 12.6. The van der Waals surface area contributed by atoms with E-state index in [0.717, 1.165) is 49.9 Å². The van der Waals surface area contributed by atoms with Crippen molar-refractivity contribution in [2.75, 3.05) is 13.1 Å². The number of hydrogen-bond donors (Lipinski definition) is 2. The quantitative estimate of drug-likeness (QED) is 0.898. The Labute approximate surface area is 126 Å². The number of amides is 1. The molecule has 1 aromatic carbocycles. The number of piperidine rings is 1. The van der Waals surface area contributed by atoms with E-state index in [9.17, 15) is 9.90 Å². The van der Waals surface area contributed by atoms with E-state index < -0.39 is 0 Å². The van der Waals surface area contributed by atoms with Gasteiger partial charge in [0.25, 0.3) is 0 Å². The van der Waals surface area contributed by atoms with Crippen LogP contribution in [0, 0.1) is 0 Å². The number of phenolic OH excluding ortho intramolecular Hbond substituents is 1. The van der Waals surface area contributed by atoms with Crippen molar-refractivity contribution < 1.29 is 9.90 Å². The Morgan fingerprint density at radius 1 is 1.33 bits per heavy atom. The summed E-state index contributed by atoms with van der Waals surface area (Å²) in [5.74, 6) is 0.593. The molecule has 1 saturated heterocycles. The van der Waals surface area contributed by atoms with E-state index in [4.69, 9.17) is 0 Å². The smallest absolute Gasteiger partial charge is 0.239 e. The Kier molecular flexibility index (Phi) is 4.15. The highest BCUT2D eigenvalue weighted by Gasteiger charge is 2.29. The molecule has 2 unspecified atom stereocenters. The van der Waals surface area contributed by atoms with Gasteiger partial charge in [-0.1, -0.05) is 12.1 Å². The number of aromatic hydroxyl groups is 1. The molecule has 1 heterocycles. The van der Waals surface area contributed by atoms with Crippen LogP contribution in [0.15, 0.2) is 18.2 Å². The minimum absolute atomic E-state index is 0.165. The topological polar surface area (TPSA) is 52.6 Å². The molecule has 1 amide bonds. The Morgan fingerprint density at radius 2 is 2.10 bits per heavy atom. The van der Waals surface area contributed by atoms with E-state index in [1.807, 2.05) is 17.9 Å². The highest BCUT2D eigenvalue weighted by molar-refractivity contribution is 5.81. The van der Waals surface area contributed by atoms with Crippen LogP contribution in [0.25, 0.3) is 0 Å². The third-order valence-electron chi connectivity index (χ3n) is 4.74. The lowest BCUT2D eigenvalue weighted by Gasteiger charge is -2.30. The summed E-state index contributed by atoms with van der Waals surface area (Å²) in [4.78, 5) is 14.5. The van der Waals surface area contributed by atoms with Gasteiger partial charge in [-0.2, -0.15) is 0 Å². The molecule has 2 aliphatic rings. The molecule has 3 rings (SSSR count). The largest absolute Gasteiger partial charge is 0.508 e. The number of nitrogens with zero attached hydrogens (tertiary/aromatic N) is 1. The minimum Gasteiger partial charge on any atom is -0.508 e. The molecule has 2 N–H and O–H groups in total. The van der Waals surface area contributed by atoms with Gasteiger partial charge >= 0.3 is 0 Å². The standard InChI is InChI=1S/C17H24N2O2/c1-12(17(21)19-10-3-2-4-11-19)18-15-9-8-14-13(15)6-5-7-16(14)20/h5-7,12,15,18,20H,2-4,8-11H2,1H3. The number of nitrogens with one attached hydrogen (secondary N) is 1. The molecule has 0 spiro atoms. The number of likely N-dealkylation sites (tertiary alicyclic amines) is 1. The van der Waals surface area contributed by atoms with E-state index in [2.05, 4.69) is 11.4 Å². The summed E-state index contributed by atoms with van der Waals surface area (Å²) in [7, 11) is 0. The average Bonchev–Trinajstić information content (AvgIpc) is 2.92. The molecule has 0 bridgehead atoms. The van der Waals surface area contributed by atoms with Crippen molar-refractivity contribution in [3.63, 3.8) is 0 Å². The highest BCUT2D eigenvalue weighted by atomic mass is 16.3. The van der Waals surface area contributed by atoms with Gasteiger partial charge in [-0.25, -0.2) is 0 Å². The highest BCUT2D eigenvalue weighted by Crippen LogP contribution is 2.36. The van der Waals surface area contributed by atoms with Gasteiger partial charge in [0.05, 0.1) is 6.04 Å². The van der Waals surface area contributed by atoms with Crippen molar-refractivity contribution >= 4 is 5.91 Å². The molecule has 0 aromatic heterocycles. The summed E-state index contributed by atoms with van der Waals surface area (Å²) < 4.78 is 0. The molecule has 1 fully saturated rings. The van der Waals surface area contributed by atoms with Crippen LogP contribution in [0.4, 0.5) is 0 Å². The summed E-state index contributed by atoms with van der Waals surface area (Å²) >= 11 is 0. The third-order valence-corrected chi connectivity index (χ3v) is 4.74. The van der Waals surface area contributed by atoms with Crippen LogP contribution in [0.3, 0.4) is 0 Å². The fraction of sp³-hybridized carbons (Fsp3) is 0.588. The molecular weight excluding hydrogens is 264 g/mol. The second kappa shape index (κ2) is 6.06. The molecule has 114 valence electrons. The predicted octanol–water partition coefficient (Wildman–Crippen LogP) is 2.37. The normalized spacial score (nSPS) is 22.9. The van der Waals surface area contributed by atoms with E-state index >= 15 is 0 Å². The first kappa shape index (κ1) is 14.4. The number of hydrogen-bond acceptors (Lipinski definition) is 3. The van der Waals surface area contributed by atoms with Crippen LogP contribution in [0.2, 0.25) is 0 Å². The Morgan fingerprint density at radius 3 is 2.86 bits per heavy atom. The van der Waals surface area contributed by atoms with Crippen LogP contribution in [-0.4, -0.2) is 35.0 Å². The Hall–Kier alpha value is -1.55. The van der Waals surface area contributed by atoms with E-state index in [1.165, 1.54) is 6.42 Å². The van der Waals surface area contributed by atoms with Crippen LogP contribution in [0.5, 0.6) is 5.75 Å². The fourth-order valence-electron chi connectivity index (χ4n) is 3.57. The van der Waals surface area contributed by atoms with Gasteiger partial charge in [0, 0.05) is 19.1 Å². The second-order valence-corrected chi connectivity index (χ2v) is 6.21. The monoisotopic (exact) mass is 288 g/mol. The molecular formula is C17H24N2O2. The summed E-state index contributed by atoms with van der Waals surface area (Å²) in [6, 6.07) is 5.68. The maximum Gasteiger partial charge on any atom is 0.239 e. The Balaban J connectivity index is 1.65. The molecule has 1 aliphatic carbocycles. The van der Waals surface area contributed by atoms with E-state index in [-0.39, 0.29) is 18.0 Å². The zero-order chi connectivity index (χ0) is 14.8.